The van der Waals surface area contributed by atoms with E-state index in [0.29, 0.717) is 18.8 Å². The summed E-state index contributed by atoms with van der Waals surface area (Å²) in [5.41, 5.74) is 0. The van der Waals surface area contributed by atoms with Crippen LogP contribution in [-0.4, -0.2) is 85.9 Å². The van der Waals surface area contributed by atoms with Gasteiger partial charge in [0.2, 0.25) is 5.91 Å². The van der Waals surface area contributed by atoms with Gasteiger partial charge in [0.1, 0.15) is 6.04 Å². The molecule has 27 heavy (non-hydrogen) atoms. The van der Waals surface area contributed by atoms with Crippen molar-refractivity contribution in [3.8, 4) is 0 Å². The van der Waals surface area contributed by atoms with Crippen molar-refractivity contribution < 1.29 is 14.3 Å². The minimum atomic E-state index is -0.165. The Labute approximate surface area is 176 Å². The van der Waals surface area contributed by atoms with Gasteiger partial charge < -0.3 is 19.7 Å². The summed E-state index contributed by atoms with van der Waals surface area (Å²) in [6.07, 6.45) is 4.16. The van der Waals surface area contributed by atoms with Crippen molar-refractivity contribution in [2.45, 2.75) is 64.4 Å². The molecule has 0 aromatic carbocycles. The lowest BCUT2D eigenvalue weighted by Gasteiger charge is -2.39. The Balaban J connectivity index is 0.00000182. The third kappa shape index (κ3) is 7.02. The Kier molecular flexibility index (Phi) is 10.9. The molecule has 6 nitrogen and oxygen atoms in total. The SMILES string of the molecule is CC1CN(CCC2CCN(C(=O)[C@H]3NCCO[C@@H]3C)CC2)CC(C)O1.Cl.Cl. The summed E-state index contributed by atoms with van der Waals surface area (Å²) in [6.45, 7) is 12.8. The first kappa shape index (κ1) is 24.9. The van der Waals surface area contributed by atoms with E-state index in [9.17, 15) is 4.79 Å². The average Bonchev–Trinajstić information content (AvgIpc) is 2.59. The molecule has 0 bridgehead atoms. The summed E-state index contributed by atoms with van der Waals surface area (Å²) in [4.78, 5) is 17.3. The molecule has 0 aromatic heterocycles. The van der Waals surface area contributed by atoms with Crippen LogP contribution in [0.1, 0.15) is 40.0 Å². The first-order chi connectivity index (χ1) is 12.0. The van der Waals surface area contributed by atoms with E-state index >= 15 is 0 Å². The molecule has 2 unspecified atom stereocenters. The summed E-state index contributed by atoms with van der Waals surface area (Å²) in [6, 6.07) is -0.165. The molecule has 1 N–H and O–H groups in total. The van der Waals surface area contributed by atoms with Crippen molar-refractivity contribution >= 4 is 30.7 Å². The lowest BCUT2D eigenvalue weighted by Crippen LogP contribution is -2.57. The number of hydrogen-bond donors (Lipinski definition) is 1. The number of halogens is 2. The maximum Gasteiger partial charge on any atom is 0.242 e. The van der Waals surface area contributed by atoms with E-state index in [-0.39, 0.29) is 42.9 Å². The lowest BCUT2D eigenvalue weighted by atomic mass is 9.92. The fraction of sp³-hybridized carbons (Fsp3) is 0.947. The van der Waals surface area contributed by atoms with E-state index in [1.54, 1.807) is 0 Å². The number of morpholine rings is 2. The van der Waals surface area contributed by atoms with Crippen molar-refractivity contribution in [3.63, 3.8) is 0 Å². The molecule has 3 aliphatic rings. The van der Waals surface area contributed by atoms with Gasteiger partial charge >= 0.3 is 0 Å². The summed E-state index contributed by atoms with van der Waals surface area (Å²) >= 11 is 0. The Hall–Kier alpha value is -0.110. The van der Waals surface area contributed by atoms with Gasteiger partial charge in [-0.2, -0.15) is 0 Å². The Bertz CT molecular complexity index is 440. The minimum Gasteiger partial charge on any atom is -0.375 e. The molecule has 0 aromatic rings. The number of likely N-dealkylation sites (tertiary alicyclic amines) is 1. The summed E-state index contributed by atoms with van der Waals surface area (Å²) in [7, 11) is 0. The van der Waals surface area contributed by atoms with Crippen molar-refractivity contribution in [2.24, 2.45) is 5.92 Å². The van der Waals surface area contributed by atoms with Gasteiger partial charge in [-0.15, -0.1) is 24.8 Å². The summed E-state index contributed by atoms with van der Waals surface area (Å²) < 4.78 is 11.4. The molecule has 160 valence electrons. The maximum atomic E-state index is 12.7. The molecule has 3 fully saturated rings. The smallest absolute Gasteiger partial charge is 0.242 e. The molecule has 3 aliphatic heterocycles. The molecule has 8 heteroatoms. The molecule has 0 aliphatic carbocycles. The minimum absolute atomic E-state index is 0. The van der Waals surface area contributed by atoms with Crippen LogP contribution in [-0.2, 0) is 14.3 Å². The molecule has 1 amide bonds. The highest BCUT2D eigenvalue weighted by Gasteiger charge is 2.33. The first-order valence-electron chi connectivity index (χ1n) is 10.0. The Morgan fingerprint density at radius 1 is 1.07 bits per heavy atom. The maximum absolute atomic E-state index is 12.7. The molecule has 0 saturated carbocycles. The molecule has 4 atom stereocenters. The second kappa shape index (κ2) is 11.8. The third-order valence-electron chi connectivity index (χ3n) is 5.86. The highest BCUT2D eigenvalue weighted by Crippen LogP contribution is 2.23. The number of carbonyl (C=O) groups is 1. The number of hydrogen-bond acceptors (Lipinski definition) is 5. The van der Waals surface area contributed by atoms with Crippen molar-refractivity contribution in [2.75, 3.05) is 45.9 Å². The number of amides is 1. The van der Waals surface area contributed by atoms with Gasteiger partial charge in [0.15, 0.2) is 0 Å². The van der Waals surface area contributed by atoms with Crippen LogP contribution < -0.4 is 5.32 Å². The van der Waals surface area contributed by atoms with E-state index in [1.165, 1.54) is 6.42 Å². The van der Waals surface area contributed by atoms with E-state index < -0.39 is 0 Å². The van der Waals surface area contributed by atoms with Crippen LogP contribution in [0.2, 0.25) is 0 Å². The Morgan fingerprint density at radius 3 is 2.30 bits per heavy atom. The number of rotatable bonds is 4. The zero-order chi connectivity index (χ0) is 17.8. The topological polar surface area (TPSA) is 54.0 Å². The molecule has 0 radical (unpaired) electrons. The number of nitrogens with one attached hydrogen (secondary N) is 1. The molecule has 3 heterocycles. The molecular formula is C19H37Cl2N3O3. The van der Waals surface area contributed by atoms with Gasteiger partial charge in [-0.05, 0) is 52.5 Å². The molecule has 3 rings (SSSR count). The lowest BCUT2D eigenvalue weighted by molar-refractivity contribution is -0.141. The zero-order valence-corrected chi connectivity index (χ0v) is 18.5. The van der Waals surface area contributed by atoms with E-state index in [4.69, 9.17) is 9.47 Å². The number of nitrogens with zero attached hydrogens (tertiary/aromatic N) is 2. The first-order valence-corrected chi connectivity index (χ1v) is 10.0. The van der Waals surface area contributed by atoms with E-state index in [2.05, 4.69) is 24.1 Å². The van der Waals surface area contributed by atoms with Gasteiger partial charge in [-0.3, -0.25) is 9.69 Å². The largest absolute Gasteiger partial charge is 0.375 e. The van der Waals surface area contributed by atoms with Gasteiger partial charge in [-0.25, -0.2) is 0 Å². The monoisotopic (exact) mass is 425 g/mol. The van der Waals surface area contributed by atoms with Crippen LogP contribution in [0, 0.1) is 5.92 Å². The number of piperidine rings is 1. The van der Waals surface area contributed by atoms with Crippen LogP contribution in [0.4, 0.5) is 0 Å². The highest BCUT2D eigenvalue weighted by atomic mass is 35.5. The van der Waals surface area contributed by atoms with Crippen LogP contribution in [0.5, 0.6) is 0 Å². The van der Waals surface area contributed by atoms with Gasteiger partial charge in [0, 0.05) is 32.7 Å². The van der Waals surface area contributed by atoms with E-state index in [0.717, 1.165) is 58.0 Å². The standard InChI is InChI=1S/C19H35N3O3.2ClH/c1-14-12-21(13-15(2)25-14)8-4-17-5-9-22(10-6-17)19(23)18-16(3)24-11-7-20-18;;/h14-18,20H,4-13H2,1-3H3;2*1H/t14?,15?,16-,18+;;/m1../s1. The summed E-state index contributed by atoms with van der Waals surface area (Å²) in [5.74, 6) is 0.965. The third-order valence-corrected chi connectivity index (χ3v) is 5.86. The fourth-order valence-electron chi connectivity index (χ4n) is 4.48. The molecule has 3 saturated heterocycles. The molecular weight excluding hydrogens is 389 g/mol. The van der Waals surface area contributed by atoms with E-state index in [1.807, 2.05) is 11.8 Å². The van der Waals surface area contributed by atoms with Crippen molar-refractivity contribution in [3.05, 3.63) is 0 Å². The molecule has 0 spiro atoms. The van der Waals surface area contributed by atoms with Crippen LogP contribution in [0.15, 0.2) is 0 Å². The highest BCUT2D eigenvalue weighted by molar-refractivity contribution is 5.85. The van der Waals surface area contributed by atoms with Crippen LogP contribution in [0.3, 0.4) is 0 Å². The second-order valence-electron chi connectivity index (χ2n) is 8.08. The number of carbonyl (C=O) groups excluding carboxylic acids is 1. The number of ether oxygens (including phenoxy) is 2. The normalized spacial score (nSPS) is 33.1. The van der Waals surface area contributed by atoms with Crippen LogP contribution >= 0.6 is 24.8 Å². The average molecular weight is 426 g/mol. The van der Waals surface area contributed by atoms with Gasteiger partial charge in [0.25, 0.3) is 0 Å². The predicted molar refractivity (Wildman–Crippen MR) is 112 cm³/mol. The quantitative estimate of drug-likeness (QED) is 0.745. The van der Waals surface area contributed by atoms with Crippen molar-refractivity contribution in [1.82, 2.24) is 15.1 Å². The second-order valence-corrected chi connectivity index (χ2v) is 8.08. The fourth-order valence-corrected chi connectivity index (χ4v) is 4.48. The van der Waals surface area contributed by atoms with Gasteiger partial charge in [-0.1, -0.05) is 0 Å². The van der Waals surface area contributed by atoms with Crippen molar-refractivity contribution in [1.29, 1.82) is 0 Å². The zero-order valence-electron chi connectivity index (χ0n) is 16.9. The predicted octanol–water partition coefficient (Wildman–Crippen LogP) is 1.94. The van der Waals surface area contributed by atoms with Crippen LogP contribution in [0.25, 0.3) is 0 Å². The summed E-state index contributed by atoms with van der Waals surface area (Å²) in [5, 5.41) is 3.32. The van der Waals surface area contributed by atoms with Gasteiger partial charge in [0.05, 0.1) is 24.9 Å². The Morgan fingerprint density at radius 2 is 1.70 bits per heavy atom.